The molecule has 1 saturated heterocycles. The van der Waals surface area contributed by atoms with Gasteiger partial charge in [0.15, 0.2) is 5.82 Å². The van der Waals surface area contributed by atoms with Crippen molar-refractivity contribution in [3.8, 4) is 28.4 Å². The molecule has 0 bridgehead atoms. The number of likely N-dealkylation sites (tertiary alicyclic amines) is 1. The smallest absolute Gasteiger partial charge is 0.410 e. The number of fused-ring (bicyclic) bond motifs is 1. The number of nitrogens with zero attached hydrogens (tertiary/aromatic N) is 5. The summed E-state index contributed by atoms with van der Waals surface area (Å²) in [6, 6.07) is 12.1. The molecule has 10 heteroatoms. The lowest BCUT2D eigenvalue weighted by molar-refractivity contribution is 0.0204. The maximum Gasteiger partial charge on any atom is 0.410 e. The van der Waals surface area contributed by atoms with E-state index in [-0.39, 0.29) is 17.9 Å². The molecule has 1 aliphatic heterocycles. The second kappa shape index (κ2) is 11.8. The van der Waals surface area contributed by atoms with Gasteiger partial charge in [-0.2, -0.15) is 0 Å². The van der Waals surface area contributed by atoms with Gasteiger partial charge in [0, 0.05) is 44.7 Å². The molecule has 1 amide bonds. The maximum atomic E-state index is 13.1. The van der Waals surface area contributed by atoms with Crippen LogP contribution in [0, 0.1) is 0 Å². The van der Waals surface area contributed by atoms with E-state index in [2.05, 4.69) is 34.2 Å². The highest BCUT2D eigenvalue weighted by Gasteiger charge is 2.36. The van der Waals surface area contributed by atoms with Gasteiger partial charge >= 0.3 is 6.09 Å². The summed E-state index contributed by atoms with van der Waals surface area (Å²) >= 11 is 0. The summed E-state index contributed by atoms with van der Waals surface area (Å²) in [5.74, 6) is 1.63. The minimum Gasteiger partial charge on any atom is -0.508 e. The molecule has 222 valence electrons. The van der Waals surface area contributed by atoms with E-state index in [0.29, 0.717) is 25.7 Å². The Kier molecular flexibility index (Phi) is 8.38. The van der Waals surface area contributed by atoms with E-state index in [9.17, 15) is 9.90 Å². The van der Waals surface area contributed by atoms with Crippen LogP contribution in [0.2, 0.25) is 25.7 Å². The molecule has 3 heterocycles. The molecule has 0 aliphatic carbocycles. The van der Waals surface area contributed by atoms with E-state index < -0.39 is 13.7 Å². The Balaban J connectivity index is 1.44. The fourth-order valence-corrected chi connectivity index (χ4v) is 5.87. The molecule has 9 nitrogen and oxygen atoms in total. The Hall–Kier alpha value is -3.76. The summed E-state index contributed by atoms with van der Waals surface area (Å²) in [5.41, 5.74) is 1.98. The molecule has 1 unspecified atom stereocenters. The van der Waals surface area contributed by atoms with Gasteiger partial charge in [-0.3, -0.25) is 4.90 Å². The summed E-state index contributed by atoms with van der Waals surface area (Å²) < 4.78 is 14.0. The molecule has 42 heavy (non-hydrogen) atoms. The Morgan fingerprint density at radius 1 is 1.00 bits per heavy atom. The van der Waals surface area contributed by atoms with Crippen molar-refractivity contribution in [2.24, 2.45) is 0 Å². The highest BCUT2D eigenvalue weighted by molar-refractivity contribution is 6.76. The molecule has 1 fully saturated rings. The van der Waals surface area contributed by atoms with E-state index in [1.807, 2.05) is 63.6 Å². The molecule has 1 atom stereocenters. The van der Waals surface area contributed by atoms with E-state index >= 15 is 0 Å². The van der Waals surface area contributed by atoms with Crippen molar-refractivity contribution >= 4 is 24.9 Å². The van der Waals surface area contributed by atoms with Crippen LogP contribution in [-0.2, 0) is 16.2 Å². The summed E-state index contributed by atoms with van der Waals surface area (Å²) in [6.45, 7) is 14.3. The van der Waals surface area contributed by atoms with Gasteiger partial charge in [-0.1, -0.05) is 37.8 Å². The van der Waals surface area contributed by atoms with Crippen LogP contribution in [-0.4, -0.2) is 62.4 Å². The molecule has 4 aromatic rings. The zero-order valence-electron chi connectivity index (χ0n) is 25.4. The standard InChI is InChI=1S/C32H41N5O4Si/c1-32(2,3)41-31(39)36-13-7-8-27(36)30-35-20-28(37(30)21-40-14-15-42(4,5)6)25-18-33-29(34-19-25)24-10-9-23-17-26(38)12-11-22(23)16-24/h9-12,16-20,27,38H,7-8,13-15,21H2,1-6H3. The quantitative estimate of drug-likeness (QED) is 0.171. The zero-order valence-corrected chi connectivity index (χ0v) is 26.4. The minimum absolute atomic E-state index is 0.202. The van der Waals surface area contributed by atoms with Crippen LogP contribution in [0.5, 0.6) is 5.75 Å². The number of benzene rings is 2. The third-order valence-corrected chi connectivity index (χ3v) is 9.02. The summed E-state index contributed by atoms with van der Waals surface area (Å²) in [7, 11) is -1.26. The number of carbonyl (C=O) groups is 1. The van der Waals surface area contributed by atoms with E-state index in [0.717, 1.165) is 52.3 Å². The molecule has 0 spiro atoms. The third kappa shape index (κ3) is 6.99. The first kappa shape index (κ1) is 29.7. The molecule has 1 aliphatic rings. The number of imidazole rings is 1. The predicted molar refractivity (Wildman–Crippen MR) is 167 cm³/mol. The zero-order chi connectivity index (χ0) is 30.1. The highest BCUT2D eigenvalue weighted by atomic mass is 28.3. The molecule has 5 rings (SSSR count). The molecule has 2 aromatic heterocycles. The second-order valence-electron chi connectivity index (χ2n) is 13.2. The number of hydrogen-bond acceptors (Lipinski definition) is 7. The van der Waals surface area contributed by atoms with Crippen molar-refractivity contribution in [1.82, 2.24) is 24.4 Å². The fraction of sp³-hybridized carbons (Fsp3) is 0.438. The lowest BCUT2D eigenvalue weighted by Crippen LogP contribution is -2.37. The van der Waals surface area contributed by atoms with Crippen molar-refractivity contribution in [1.29, 1.82) is 0 Å². The van der Waals surface area contributed by atoms with Crippen molar-refractivity contribution in [2.45, 2.75) is 77.7 Å². The first-order chi connectivity index (χ1) is 19.9. The summed E-state index contributed by atoms with van der Waals surface area (Å²) in [5, 5.41) is 11.7. The van der Waals surface area contributed by atoms with Crippen LogP contribution >= 0.6 is 0 Å². The van der Waals surface area contributed by atoms with Gasteiger partial charge in [-0.15, -0.1) is 0 Å². The Bertz CT molecular complexity index is 1560. The third-order valence-electron chi connectivity index (χ3n) is 7.31. The fourth-order valence-electron chi connectivity index (χ4n) is 5.11. The van der Waals surface area contributed by atoms with E-state index in [4.69, 9.17) is 14.5 Å². The average Bonchev–Trinajstić information content (AvgIpc) is 3.57. The number of phenols is 1. The number of aromatic nitrogens is 4. The Morgan fingerprint density at radius 3 is 2.43 bits per heavy atom. The van der Waals surface area contributed by atoms with Crippen molar-refractivity contribution < 1.29 is 19.4 Å². The molecule has 0 saturated carbocycles. The lowest BCUT2D eigenvalue weighted by atomic mass is 10.1. The topological polar surface area (TPSA) is 103 Å². The predicted octanol–water partition coefficient (Wildman–Crippen LogP) is 7.25. The maximum absolute atomic E-state index is 13.1. The van der Waals surface area contributed by atoms with Crippen molar-refractivity contribution in [3.05, 3.63) is 60.8 Å². The largest absolute Gasteiger partial charge is 0.508 e. The minimum atomic E-state index is -1.26. The SMILES string of the molecule is CC(C)(C)OC(=O)N1CCCC1c1ncc(-c2cnc(-c3ccc4cc(O)ccc4c3)nc2)n1COCC[Si](C)(C)C. The van der Waals surface area contributed by atoms with Crippen LogP contribution in [0.1, 0.15) is 45.5 Å². The molecule has 2 aromatic carbocycles. The summed E-state index contributed by atoms with van der Waals surface area (Å²) in [4.78, 5) is 29.1. The monoisotopic (exact) mass is 587 g/mol. The molecule has 0 radical (unpaired) electrons. The average molecular weight is 588 g/mol. The summed E-state index contributed by atoms with van der Waals surface area (Å²) in [6.07, 6.45) is 6.81. The van der Waals surface area contributed by atoms with Gasteiger partial charge in [0.2, 0.25) is 0 Å². The van der Waals surface area contributed by atoms with Crippen LogP contribution < -0.4 is 0 Å². The van der Waals surface area contributed by atoms with E-state index in [1.54, 1.807) is 17.0 Å². The van der Waals surface area contributed by atoms with Crippen LogP contribution in [0.3, 0.4) is 0 Å². The van der Waals surface area contributed by atoms with Gasteiger partial charge in [0.25, 0.3) is 0 Å². The van der Waals surface area contributed by atoms with Crippen molar-refractivity contribution in [2.75, 3.05) is 13.2 Å². The van der Waals surface area contributed by atoms with Crippen molar-refractivity contribution in [3.63, 3.8) is 0 Å². The molecular weight excluding hydrogens is 546 g/mol. The Morgan fingerprint density at radius 2 is 1.71 bits per heavy atom. The second-order valence-corrected chi connectivity index (χ2v) is 18.8. The van der Waals surface area contributed by atoms with Gasteiger partial charge < -0.3 is 19.1 Å². The van der Waals surface area contributed by atoms with Crippen LogP contribution in [0.25, 0.3) is 33.4 Å². The number of rotatable bonds is 8. The first-order valence-corrected chi connectivity index (χ1v) is 18.3. The van der Waals surface area contributed by atoms with Crippen LogP contribution in [0.4, 0.5) is 4.79 Å². The number of aromatic hydroxyl groups is 1. The van der Waals surface area contributed by atoms with Gasteiger partial charge in [-0.25, -0.2) is 19.7 Å². The highest BCUT2D eigenvalue weighted by Crippen LogP contribution is 2.35. The lowest BCUT2D eigenvalue weighted by Gasteiger charge is -2.29. The number of ether oxygens (including phenoxy) is 2. The number of hydrogen-bond donors (Lipinski definition) is 1. The number of amides is 1. The van der Waals surface area contributed by atoms with Gasteiger partial charge in [0.1, 0.15) is 23.9 Å². The number of carbonyl (C=O) groups excluding carboxylic acids is 1. The molecular formula is C32H41N5O4Si. The van der Waals surface area contributed by atoms with E-state index in [1.165, 1.54) is 0 Å². The Labute approximate surface area is 248 Å². The first-order valence-electron chi connectivity index (χ1n) is 14.6. The van der Waals surface area contributed by atoms with Gasteiger partial charge in [0.05, 0.1) is 17.9 Å². The van der Waals surface area contributed by atoms with Crippen LogP contribution in [0.15, 0.2) is 55.0 Å². The van der Waals surface area contributed by atoms with Gasteiger partial charge in [-0.05, 0) is 68.6 Å². The normalized spacial score (nSPS) is 15.9. The molecule has 1 N–H and O–H groups in total. The number of phenolic OH excluding ortho intramolecular Hbond substituents is 1.